The first-order valence-corrected chi connectivity index (χ1v) is 7.81. The van der Waals surface area contributed by atoms with Gasteiger partial charge in [-0.3, -0.25) is 9.79 Å². The number of guanidine groups is 1. The lowest BCUT2D eigenvalue weighted by Gasteiger charge is -2.30. The van der Waals surface area contributed by atoms with Gasteiger partial charge in [0.15, 0.2) is 5.96 Å². The predicted molar refractivity (Wildman–Crippen MR) is 83.8 cm³/mol. The van der Waals surface area contributed by atoms with Gasteiger partial charge in [-0.1, -0.05) is 26.2 Å². The fourth-order valence-electron chi connectivity index (χ4n) is 2.72. The van der Waals surface area contributed by atoms with E-state index in [0.29, 0.717) is 6.04 Å². The van der Waals surface area contributed by atoms with Crippen molar-refractivity contribution in [1.82, 2.24) is 16.0 Å². The molecular formula is C15H30N4O. The van der Waals surface area contributed by atoms with Crippen LogP contribution in [0.15, 0.2) is 4.99 Å². The lowest BCUT2D eigenvalue weighted by atomic mass is 9.84. The Kier molecular flexibility index (Phi) is 7.41. The van der Waals surface area contributed by atoms with Crippen molar-refractivity contribution in [2.24, 2.45) is 10.9 Å². The van der Waals surface area contributed by atoms with Gasteiger partial charge in [-0.2, -0.15) is 0 Å². The summed E-state index contributed by atoms with van der Waals surface area (Å²) in [5.41, 5.74) is 0. The molecule has 0 aromatic carbocycles. The summed E-state index contributed by atoms with van der Waals surface area (Å²) in [6, 6.07) is 0.649. The highest BCUT2D eigenvalue weighted by Crippen LogP contribution is 2.26. The standard InChI is InChI=1S/C15H30N4O/c1-5-12-7-6-8-13(9-12)19-15(16-4)17-10-14(20)18-11(2)3/h11-13H,5-10H2,1-4H3,(H,18,20)(H2,16,17,19). The zero-order valence-corrected chi connectivity index (χ0v) is 13.3. The van der Waals surface area contributed by atoms with Gasteiger partial charge in [-0.05, 0) is 32.6 Å². The smallest absolute Gasteiger partial charge is 0.239 e. The molecule has 1 aliphatic carbocycles. The fraction of sp³-hybridized carbons (Fsp3) is 0.867. The largest absolute Gasteiger partial charge is 0.354 e. The number of nitrogens with one attached hydrogen (secondary N) is 3. The molecule has 1 fully saturated rings. The third-order valence-electron chi connectivity index (χ3n) is 3.79. The fourth-order valence-corrected chi connectivity index (χ4v) is 2.72. The lowest BCUT2D eigenvalue weighted by molar-refractivity contribution is -0.120. The van der Waals surface area contributed by atoms with Crippen molar-refractivity contribution in [3.8, 4) is 0 Å². The molecule has 1 rings (SSSR count). The first-order chi connectivity index (χ1) is 9.55. The van der Waals surface area contributed by atoms with Crippen molar-refractivity contribution >= 4 is 11.9 Å². The minimum Gasteiger partial charge on any atom is -0.354 e. The topological polar surface area (TPSA) is 65.5 Å². The number of hydrogen-bond donors (Lipinski definition) is 3. The number of amides is 1. The highest BCUT2D eigenvalue weighted by Gasteiger charge is 2.21. The van der Waals surface area contributed by atoms with E-state index in [1.165, 1.54) is 32.1 Å². The molecule has 0 saturated heterocycles. The molecule has 1 aliphatic rings. The van der Waals surface area contributed by atoms with Crippen molar-refractivity contribution in [3.05, 3.63) is 0 Å². The van der Waals surface area contributed by atoms with Crippen LogP contribution >= 0.6 is 0 Å². The summed E-state index contributed by atoms with van der Waals surface area (Å²) < 4.78 is 0. The zero-order valence-electron chi connectivity index (χ0n) is 13.3. The molecule has 5 nitrogen and oxygen atoms in total. The van der Waals surface area contributed by atoms with Crippen LogP contribution in [0.5, 0.6) is 0 Å². The summed E-state index contributed by atoms with van der Waals surface area (Å²) in [7, 11) is 1.75. The first-order valence-electron chi connectivity index (χ1n) is 7.81. The van der Waals surface area contributed by atoms with E-state index >= 15 is 0 Å². The van der Waals surface area contributed by atoms with E-state index < -0.39 is 0 Å². The van der Waals surface area contributed by atoms with Crippen LogP contribution in [0.1, 0.15) is 52.9 Å². The van der Waals surface area contributed by atoms with E-state index in [4.69, 9.17) is 0 Å². The first kappa shape index (κ1) is 16.8. The van der Waals surface area contributed by atoms with Crippen molar-refractivity contribution in [3.63, 3.8) is 0 Å². The molecule has 0 radical (unpaired) electrons. The molecule has 116 valence electrons. The van der Waals surface area contributed by atoms with E-state index in [-0.39, 0.29) is 18.5 Å². The van der Waals surface area contributed by atoms with Crippen LogP contribution in [0, 0.1) is 5.92 Å². The predicted octanol–water partition coefficient (Wildman–Crippen LogP) is 1.64. The Labute approximate surface area is 123 Å². The Morgan fingerprint density at radius 3 is 2.70 bits per heavy atom. The van der Waals surface area contributed by atoms with Gasteiger partial charge in [-0.15, -0.1) is 0 Å². The summed E-state index contributed by atoms with van der Waals surface area (Å²) in [6.45, 7) is 6.44. The van der Waals surface area contributed by atoms with Crippen LogP contribution in [0.25, 0.3) is 0 Å². The highest BCUT2D eigenvalue weighted by molar-refractivity contribution is 5.86. The Morgan fingerprint density at radius 1 is 1.35 bits per heavy atom. The van der Waals surface area contributed by atoms with Crippen LogP contribution in [-0.2, 0) is 4.79 Å². The number of nitrogens with zero attached hydrogens (tertiary/aromatic N) is 1. The maximum absolute atomic E-state index is 11.6. The van der Waals surface area contributed by atoms with E-state index in [1.54, 1.807) is 7.05 Å². The summed E-state index contributed by atoms with van der Waals surface area (Å²) in [6.07, 6.45) is 6.27. The summed E-state index contributed by atoms with van der Waals surface area (Å²) in [4.78, 5) is 15.8. The minimum absolute atomic E-state index is 0.00183. The molecule has 2 unspecified atom stereocenters. The Hall–Kier alpha value is -1.26. The highest BCUT2D eigenvalue weighted by atomic mass is 16.1. The quantitative estimate of drug-likeness (QED) is 0.530. The third kappa shape index (κ3) is 6.26. The number of carbonyl (C=O) groups is 1. The molecule has 0 spiro atoms. The van der Waals surface area contributed by atoms with Gasteiger partial charge < -0.3 is 16.0 Å². The van der Waals surface area contributed by atoms with Crippen LogP contribution in [0.2, 0.25) is 0 Å². The van der Waals surface area contributed by atoms with Crippen molar-refractivity contribution < 1.29 is 4.79 Å². The molecular weight excluding hydrogens is 252 g/mol. The van der Waals surface area contributed by atoms with Gasteiger partial charge in [0.05, 0.1) is 6.54 Å². The van der Waals surface area contributed by atoms with E-state index in [1.807, 2.05) is 13.8 Å². The summed E-state index contributed by atoms with van der Waals surface area (Å²) in [5, 5.41) is 9.38. The van der Waals surface area contributed by atoms with Crippen LogP contribution in [0.3, 0.4) is 0 Å². The maximum atomic E-state index is 11.6. The molecule has 0 bridgehead atoms. The monoisotopic (exact) mass is 282 g/mol. The van der Waals surface area contributed by atoms with Crippen molar-refractivity contribution in [2.75, 3.05) is 13.6 Å². The van der Waals surface area contributed by atoms with Gasteiger partial charge >= 0.3 is 0 Å². The minimum atomic E-state index is -0.00183. The second kappa shape index (κ2) is 8.82. The Bertz CT molecular complexity index is 328. The molecule has 0 aromatic rings. The van der Waals surface area contributed by atoms with Crippen LogP contribution < -0.4 is 16.0 Å². The molecule has 0 aliphatic heterocycles. The lowest BCUT2D eigenvalue weighted by Crippen LogP contribution is -2.48. The van der Waals surface area contributed by atoms with Gasteiger partial charge in [0.2, 0.25) is 5.91 Å². The molecule has 0 aromatic heterocycles. The van der Waals surface area contributed by atoms with Gasteiger partial charge in [0.1, 0.15) is 0 Å². The number of rotatable bonds is 5. The summed E-state index contributed by atoms with van der Waals surface area (Å²) >= 11 is 0. The van der Waals surface area contributed by atoms with Crippen molar-refractivity contribution in [1.29, 1.82) is 0 Å². The second-order valence-corrected chi connectivity index (χ2v) is 5.93. The number of aliphatic imine (C=N–C) groups is 1. The van der Waals surface area contributed by atoms with Crippen LogP contribution in [-0.4, -0.2) is 37.5 Å². The normalized spacial score (nSPS) is 23.6. The maximum Gasteiger partial charge on any atom is 0.239 e. The number of hydrogen-bond acceptors (Lipinski definition) is 2. The van der Waals surface area contributed by atoms with E-state index in [2.05, 4.69) is 27.9 Å². The molecule has 2 atom stereocenters. The molecule has 1 amide bonds. The summed E-state index contributed by atoms with van der Waals surface area (Å²) in [5.74, 6) is 1.55. The molecule has 0 heterocycles. The van der Waals surface area contributed by atoms with E-state index in [9.17, 15) is 4.79 Å². The number of carbonyl (C=O) groups excluding carboxylic acids is 1. The van der Waals surface area contributed by atoms with Gasteiger partial charge in [-0.25, -0.2) is 0 Å². The second-order valence-electron chi connectivity index (χ2n) is 5.93. The SMILES string of the molecule is CCC1CCCC(NC(=NC)NCC(=O)NC(C)C)C1. The Morgan fingerprint density at radius 2 is 2.10 bits per heavy atom. The van der Waals surface area contributed by atoms with Gasteiger partial charge in [0.25, 0.3) is 0 Å². The third-order valence-corrected chi connectivity index (χ3v) is 3.79. The average molecular weight is 282 g/mol. The zero-order chi connectivity index (χ0) is 15.0. The molecule has 5 heteroatoms. The molecule has 20 heavy (non-hydrogen) atoms. The van der Waals surface area contributed by atoms with E-state index in [0.717, 1.165) is 11.9 Å². The average Bonchev–Trinajstić information content (AvgIpc) is 2.42. The molecule has 1 saturated carbocycles. The molecule has 3 N–H and O–H groups in total. The van der Waals surface area contributed by atoms with Crippen molar-refractivity contribution in [2.45, 2.75) is 65.0 Å². The van der Waals surface area contributed by atoms with Gasteiger partial charge in [0, 0.05) is 19.1 Å². The van der Waals surface area contributed by atoms with Crippen LogP contribution in [0.4, 0.5) is 0 Å². The Balaban J connectivity index is 2.34.